The highest BCUT2D eigenvalue weighted by molar-refractivity contribution is 7.19. The van der Waals surface area contributed by atoms with Crippen LogP contribution in [0.2, 0.25) is 5.02 Å². The molecule has 7 heteroatoms. The van der Waals surface area contributed by atoms with Crippen LogP contribution in [-0.4, -0.2) is 21.8 Å². The molecule has 0 aliphatic carbocycles. The molecule has 1 atom stereocenters. The van der Waals surface area contributed by atoms with Crippen molar-refractivity contribution < 1.29 is 14.6 Å². The summed E-state index contributed by atoms with van der Waals surface area (Å²) in [5.74, 6) is -0.485. The van der Waals surface area contributed by atoms with Gasteiger partial charge in [0.15, 0.2) is 5.82 Å². The maximum atomic E-state index is 14.5. The molecule has 0 fully saturated rings. The van der Waals surface area contributed by atoms with Crippen molar-refractivity contribution in [3.8, 4) is 11.3 Å². The molecule has 0 radical (unpaired) electrons. The van der Waals surface area contributed by atoms with E-state index in [0.29, 0.717) is 28.3 Å². The number of nitrogens with zero attached hydrogens (tertiary/aromatic N) is 1. The standard InChI is InChI=1S/C23H20ClFN2O2S/c1-23(29,12-28)14-7-8-27-20(10-14)16-4-2-3-13-9-15(30-22(13)16)11-17-18(24)5-6-19(26)21(17)25/h2-10,28-29H,11-12,26H2,1H3. The van der Waals surface area contributed by atoms with E-state index in [4.69, 9.17) is 17.3 Å². The van der Waals surface area contributed by atoms with Gasteiger partial charge in [-0.1, -0.05) is 29.8 Å². The third-order valence-corrected chi connectivity index (χ3v) is 6.67. The van der Waals surface area contributed by atoms with Gasteiger partial charge in [-0.25, -0.2) is 4.39 Å². The van der Waals surface area contributed by atoms with E-state index in [1.807, 2.05) is 24.3 Å². The summed E-state index contributed by atoms with van der Waals surface area (Å²) in [5.41, 5.74) is 6.98. The Morgan fingerprint density at radius 1 is 1.20 bits per heavy atom. The van der Waals surface area contributed by atoms with E-state index in [0.717, 1.165) is 20.5 Å². The van der Waals surface area contributed by atoms with Crippen molar-refractivity contribution in [1.82, 2.24) is 4.98 Å². The van der Waals surface area contributed by atoms with Gasteiger partial charge in [-0.15, -0.1) is 11.3 Å². The fraction of sp³-hybridized carbons (Fsp3) is 0.174. The van der Waals surface area contributed by atoms with Crippen molar-refractivity contribution in [1.29, 1.82) is 0 Å². The van der Waals surface area contributed by atoms with E-state index in [1.54, 1.807) is 31.3 Å². The molecule has 0 spiro atoms. The SMILES string of the molecule is CC(O)(CO)c1ccnc(-c2cccc3cc(Cc4c(Cl)ccc(N)c4F)sc23)c1. The van der Waals surface area contributed by atoms with Crippen LogP contribution in [0.15, 0.2) is 54.7 Å². The van der Waals surface area contributed by atoms with Crippen molar-refractivity contribution >= 4 is 38.7 Å². The van der Waals surface area contributed by atoms with E-state index in [9.17, 15) is 14.6 Å². The molecule has 0 saturated carbocycles. The number of hydrogen-bond acceptors (Lipinski definition) is 5. The predicted octanol–water partition coefficient (Wildman–Crippen LogP) is 5.13. The van der Waals surface area contributed by atoms with E-state index < -0.39 is 18.0 Å². The Morgan fingerprint density at radius 2 is 2.00 bits per heavy atom. The highest BCUT2D eigenvalue weighted by atomic mass is 35.5. The second kappa shape index (κ2) is 7.96. The van der Waals surface area contributed by atoms with E-state index in [2.05, 4.69) is 4.98 Å². The number of pyridine rings is 1. The Morgan fingerprint density at radius 3 is 2.77 bits per heavy atom. The zero-order valence-electron chi connectivity index (χ0n) is 16.2. The quantitative estimate of drug-likeness (QED) is 0.374. The lowest BCUT2D eigenvalue weighted by Gasteiger charge is -2.21. The van der Waals surface area contributed by atoms with Crippen molar-refractivity contribution in [3.05, 3.63) is 81.6 Å². The zero-order valence-corrected chi connectivity index (χ0v) is 17.8. The number of thiophene rings is 1. The largest absolute Gasteiger partial charge is 0.396 e. The van der Waals surface area contributed by atoms with E-state index in [1.165, 1.54) is 17.4 Å². The number of benzene rings is 2. The second-order valence-electron chi connectivity index (χ2n) is 7.40. The Bertz CT molecular complexity index is 1240. The smallest absolute Gasteiger partial charge is 0.151 e. The molecule has 0 aliphatic rings. The minimum atomic E-state index is -1.35. The van der Waals surface area contributed by atoms with Crippen LogP contribution in [0, 0.1) is 5.82 Å². The van der Waals surface area contributed by atoms with Gasteiger partial charge in [0.2, 0.25) is 0 Å². The highest BCUT2D eigenvalue weighted by Gasteiger charge is 2.23. The molecule has 4 nitrogen and oxygen atoms in total. The molecule has 4 aromatic rings. The summed E-state index contributed by atoms with van der Waals surface area (Å²) >= 11 is 7.74. The topological polar surface area (TPSA) is 79.4 Å². The number of hydrogen-bond donors (Lipinski definition) is 3. The lowest BCUT2D eigenvalue weighted by molar-refractivity contribution is -0.00230. The van der Waals surface area contributed by atoms with Gasteiger partial charge in [0.25, 0.3) is 0 Å². The summed E-state index contributed by atoms with van der Waals surface area (Å²) in [6.07, 6.45) is 1.95. The van der Waals surface area contributed by atoms with Crippen molar-refractivity contribution in [2.24, 2.45) is 0 Å². The van der Waals surface area contributed by atoms with Gasteiger partial charge in [-0.3, -0.25) is 4.98 Å². The van der Waals surface area contributed by atoms with Crippen LogP contribution in [0.1, 0.15) is 22.9 Å². The summed E-state index contributed by atoms with van der Waals surface area (Å²) in [5, 5.41) is 21.2. The molecule has 1 unspecified atom stereocenters. The van der Waals surface area contributed by atoms with E-state index >= 15 is 0 Å². The molecule has 4 rings (SSSR count). The first-order valence-corrected chi connectivity index (χ1v) is 10.5. The van der Waals surface area contributed by atoms with Gasteiger partial charge < -0.3 is 15.9 Å². The molecule has 2 aromatic carbocycles. The number of aliphatic hydroxyl groups is 2. The molecule has 0 aliphatic heterocycles. The molecule has 0 bridgehead atoms. The normalized spacial score (nSPS) is 13.5. The summed E-state index contributed by atoms with van der Waals surface area (Å²) in [7, 11) is 0. The molecule has 30 heavy (non-hydrogen) atoms. The average molecular weight is 443 g/mol. The van der Waals surface area contributed by atoms with E-state index in [-0.39, 0.29) is 5.69 Å². The Balaban J connectivity index is 1.78. The van der Waals surface area contributed by atoms with Gasteiger partial charge in [0, 0.05) is 38.3 Å². The van der Waals surface area contributed by atoms with Gasteiger partial charge in [-0.05, 0) is 48.2 Å². The third-order valence-electron chi connectivity index (χ3n) is 5.13. The number of aliphatic hydroxyl groups excluding tert-OH is 1. The fourth-order valence-corrected chi connectivity index (χ4v) is 4.77. The number of rotatable bonds is 5. The summed E-state index contributed by atoms with van der Waals surface area (Å²) in [6.45, 7) is 1.16. The lowest BCUT2D eigenvalue weighted by Crippen LogP contribution is -2.25. The number of anilines is 1. The summed E-state index contributed by atoms with van der Waals surface area (Å²) in [6, 6.07) is 14.4. The second-order valence-corrected chi connectivity index (χ2v) is 8.95. The minimum absolute atomic E-state index is 0.0770. The Hall–Kier alpha value is -2.51. The van der Waals surface area contributed by atoms with Crippen molar-refractivity contribution in [2.45, 2.75) is 18.9 Å². The fourth-order valence-electron chi connectivity index (χ4n) is 3.36. The molecular weight excluding hydrogens is 423 g/mol. The number of fused-ring (bicyclic) bond motifs is 1. The van der Waals surface area contributed by atoms with Gasteiger partial charge >= 0.3 is 0 Å². The van der Waals surface area contributed by atoms with Crippen LogP contribution in [0.5, 0.6) is 0 Å². The lowest BCUT2D eigenvalue weighted by atomic mass is 9.96. The summed E-state index contributed by atoms with van der Waals surface area (Å²) in [4.78, 5) is 5.40. The zero-order chi connectivity index (χ0) is 21.5. The minimum Gasteiger partial charge on any atom is -0.396 e. The van der Waals surface area contributed by atoms with Crippen LogP contribution in [0.25, 0.3) is 21.3 Å². The predicted molar refractivity (Wildman–Crippen MR) is 120 cm³/mol. The first-order chi connectivity index (χ1) is 14.3. The first kappa shape index (κ1) is 20.8. The monoisotopic (exact) mass is 442 g/mol. The van der Waals surface area contributed by atoms with Gasteiger partial charge in [0.1, 0.15) is 5.60 Å². The maximum absolute atomic E-state index is 14.5. The van der Waals surface area contributed by atoms with Crippen LogP contribution < -0.4 is 5.73 Å². The van der Waals surface area contributed by atoms with Crippen LogP contribution in [-0.2, 0) is 12.0 Å². The maximum Gasteiger partial charge on any atom is 0.151 e. The van der Waals surface area contributed by atoms with Crippen molar-refractivity contribution in [3.63, 3.8) is 0 Å². The van der Waals surface area contributed by atoms with Gasteiger partial charge in [0.05, 0.1) is 18.0 Å². The number of nitrogens with two attached hydrogens (primary N) is 1. The number of aromatic nitrogens is 1. The first-order valence-electron chi connectivity index (χ1n) is 9.34. The van der Waals surface area contributed by atoms with Crippen LogP contribution >= 0.6 is 22.9 Å². The summed E-state index contributed by atoms with van der Waals surface area (Å²) < 4.78 is 15.5. The Labute approximate surface area is 182 Å². The van der Waals surface area contributed by atoms with Crippen molar-refractivity contribution in [2.75, 3.05) is 12.3 Å². The number of halogens is 2. The van der Waals surface area contributed by atoms with Crippen LogP contribution in [0.4, 0.5) is 10.1 Å². The molecule has 154 valence electrons. The number of nitrogen functional groups attached to an aromatic ring is 1. The third kappa shape index (κ3) is 3.79. The molecule has 4 N–H and O–H groups in total. The average Bonchev–Trinajstić information content (AvgIpc) is 3.17. The highest BCUT2D eigenvalue weighted by Crippen LogP contribution is 2.37. The molecule has 2 heterocycles. The molecule has 0 amide bonds. The van der Waals surface area contributed by atoms with Gasteiger partial charge in [-0.2, -0.15) is 0 Å². The Kier molecular flexibility index (Phi) is 5.51. The molecule has 2 aromatic heterocycles. The molecule has 0 saturated heterocycles. The van der Waals surface area contributed by atoms with Crippen LogP contribution in [0.3, 0.4) is 0 Å². The molecular formula is C23H20ClFN2O2S.